The van der Waals surface area contributed by atoms with Crippen molar-refractivity contribution < 1.29 is 18.4 Å². The summed E-state index contributed by atoms with van der Waals surface area (Å²) in [5.41, 5.74) is 0. The molecule has 1 aliphatic carbocycles. The Kier molecular flexibility index (Phi) is 14.4. The molecule has 1 aliphatic rings. The fourth-order valence-electron chi connectivity index (χ4n) is 5.18. The largest absolute Gasteiger partial charge is 0.462 e. The van der Waals surface area contributed by atoms with E-state index in [1.807, 2.05) is 6.08 Å². The van der Waals surface area contributed by atoms with Gasteiger partial charge in [-0.1, -0.05) is 79.9 Å². The Labute approximate surface area is 245 Å². The molecule has 6 heteroatoms. The lowest BCUT2D eigenvalue weighted by molar-refractivity contribution is -0.151. The van der Waals surface area contributed by atoms with Gasteiger partial charge in [0.1, 0.15) is 6.10 Å². The highest BCUT2D eigenvalue weighted by Gasteiger charge is 2.49. The third-order valence-electron chi connectivity index (χ3n) is 9.72. The van der Waals surface area contributed by atoms with Gasteiger partial charge in [-0.05, 0) is 74.3 Å². The summed E-state index contributed by atoms with van der Waals surface area (Å²) in [4.78, 5) is 12.7. The third kappa shape index (κ3) is 11.2. The Morgan fingerprint density at radius 2 is 1.51 bits per heavy atom. The quantitative estimate of drug-likeness (QED) is 0.0743. The number of unbranched alkanes of at least 4 members (excludes halogenated alkanes) is 2. The lowest BCUT2D eigenvalue weighted by Crippen LogP contribution is -2.45. The normalized spacial score (nSPS) is 23.5. The highest BCUT2D eigenvalue weighted by Crippen LogP contribution is 2.47. The van der Waals surface area contributed by atoms with Crippen LogP contribution >= 0.6 is 0 Å². The van der Waals surface area contributed by atoms with Crippen molar-refractivity contribution in [3.8, 4) is 0 Å². The second-order valence-corrected chi connectivity index (χ2v) is 24.4. The van der Waals surface area contributed by atoms with Gasteiger partial charge in [0.05, 0.1) is 6.10 Å². The molecule has 0 aromatic heterocycles. The van der Waals surface area contributed by atoms with Gasteiger partial charge in [-0.3, -0.25) is 4.79 Å². The van der Waals surface area contributed by atoms with Crippen LogP contribution in [-0.2, 0) is 18.4 Å². The van der Waals surface area contributed by atoms with Crippen LogP contribution in [0.2, 0.25) is 36.3 Å². The molecular weight excluding hydrogens is 517 g/mol. The second kappa shape index (κ2) is 15.5. The molecule has 1 unspecified atom stereocenters. The van der Waals surface area contributed by atoms with E-state index in [1.165, 1.54) is 19.3 Å². The van der Waals surface area contributed by atoms with Crippen molar-refractivity contribution >= 4 is 22.6 Å². The number of carbonyl (C=O) groups is 1. The molecule has 0 heterocycles. The van der Waals surface area contributed by atoms with Crippen molar-refractivity contribution in [1.82, 2.24) is 0 Å². The predicted octanol–water partition coefficient (Wildman–Crippen LogP) is 10.2. The molecule has 39 heavy (non-hydrogen) atoms. The van der Waals surface area contributed by atoms with Crippen LogP contribution in [0.3, 0.4) is 0 Å². The van der Waals surface area contributed by atoms with E-state index >= 15 is 0 Å². The molecule has 0 spiro atoms. The Morgan fingerprint density at radius 3 is 2.03 bits per heavy atom. The van der Waals surface area contributed by atoms with E-state index < -0.39 is 16.6 Å². The number of carbonyl (C=O) groups excluding carboxylic acids is 1. The Balaban J connectivity index is 3.25. The van der Waals surface area contributed by atoms with Gasteiger partial charge in [-0.25, -0.2) is 0 Å². The van der Waals surface area contributed by atoms with Gasteiger partial charge < -0.3 is 13.6 Å². The summed E-state index contributed by atoms with van der Waals surface area (Å²) in [7, 11) is -3.89. The molecule has 4 nitrogen and oxygen atoms in total. The van der Waals surface area contributed by atoms with Gasteiger partial charge in [0.15, 0.2) is 16.6 Å². The number of rotatable bonds is 17. The Morgan fingerprint density at radius 1 is 0.897 bits per heavy atom. The van der Waals surface area contributed by atoms with Gasteiger partial charge in [-0.15, -0.1) is 13.2 Å². The van der Waals surface area contributed by atoms with Crippen LogP contribution < -0.4 is 0 Å². The highest BCUT2D eigenvalue weighted by atomic mass is 28.4. The number of hydrogen-bond donors (Lipinski definition) is 0. The van der Waals surface area contributed by atoms with Crippen molar-refractivity contribution in [1.29, 1.82) is 0 Å². The van der Waals surface area contributed by atoms with E-state index in [4.69, 9.17) is 13.6 Å². The number of hydrogen-bond acceptors (Lipinski definition) is 4. The molecule has 0 aromatic carbocycles. The van der Waals surface area contributed by atoms with Crippen LogP contribution in [0.4, 0.5) is 0 Å². The van der Waals surface area contributed by atoms with E-state index in [0.29, 0.717) is 18.8 Å². The molecule has 0 N–H and O–H groups in total. The van der Waals surface area contributed by atoms with Crippen LogP contribution in [0.25, 0.3) is 0 Å². The number of allylic oxidation sites excluding steroid dienone is 2. The maximum absolute atomic E-state index is 12.7. The SMILES string of the molecule is C=CCCC(=O)O[C@H]1CC(O[Si](C)(C)C(C)(C)C)[C@H](CC[C@H](CCCCC)O[Si](C)(C)C(C)(C)C)[C@H]1CC=C. The first-order chi connectivity index (χ1) is 17.9. The fourth-order valence-corrected chi connectivity index (χ4v) is 7.98. The van der Waals surface area contributed by atoms with Crippen LogP contribution in [0.15, 0.2) is 25.3 Å². The van der Waals surface area contributed by atoms with Gasteiger partial charge >= 0.3 is 5.97 Å². The first-order valence-corrected chi connectivity index (χ1v) is 21.5. The summed E-state index contributed by atoms with van der Waals surface area (Å²) in [5.74, 6) is 0.430. The average molecular weight is 581 g/mol. The van der Waals surface area contributed by atoms with E-state index in [-0.39, 0.29) is 40.3 Å². The predicted molar refractivity (Wildman–Crippen MR) is 173 cm³/mol. The van der Waals surface area contributed by atoms with Crippen molar-refractivity contribution in [2.75, 3.05) is 0 Å². The van der Waals surface area contributed by atoms with Gasteiger partial charge in [0.25, 0.3) is 0 Å². The molecule has 5 atom stereocenters. The number of esters is 1. The van der Waals surface area contributed by atoms with E-state index in [0.717, 1.165) is 32.1 Å². The van der Waals surface area contributed by atoms with Crippen molar-refractivity contribution in [3.63, 3.8) is 0 Å². The van der Waals surface area contributed by atoms with Crippen molar-refractivity contribution in [3.05, 3.63) is 25.3 Å². The van der Waals surface area contributed by atoms with E-state index in [1.54, 1.807) is 6.08 Å². The summed E-state index contributed by atoms with van der Waals surface area (Å²) in [5, 5.41) is 0.311. The average Bonchev–Trinajstić information content (AvgIpc) is 3.09. The molecule has 0 amide bonds. The summed E-state index contributed by atoms with van der Waals surface area (Å²) in [6, 6.07) is 0. The third-order valence-corrected chi connectivity index (χ3v) is 18.8. The first kappa shape index (κ1) is 36.3. The fraction of sp³-hybridized carbons (Fsp3) is 0.848. The number of ether oxygens (including phenoxy) is 1. The lowest BCUT2D eigenvalue weighted by atomic mass is 9.86. The van der Waals surface area contributed by atoms with E-state index in [2.05, 4.69) is 87.8 Å². The summed E-state index contributed by atoms with van der Waals surface area (Å²) < 4.78 is 20.2. The maximum Gasteiger partial charge on any atom is 0.306 e. The van der Waals surface area contributed by atoms with Crippen LogP contribution in [0.5, 0.6) is 0 Å². The molecule has 0 aromatic rings. The zero-order valence-electron chi connectivity index (χ0n) is 27.7. The lowest BCUT2D eigenvalue weighted by Gasteiger charge is -2.41. The molecular formula is C33H64O4Si2. The molecule has 228 valence electrons. The molecule has 1 fully saturated rings. The standard InChI is InChI=1S/C33H64O4Si2/c1-14-17-19-21-26(36-38(10,11)32(4,5)6)23-24-28-27(20-16-3)29(35-31(34)22-18-15-2)25-30(28)37-39(12,13)33(7,8)9/h15-16,26-30H,2-3,14,17-25H2,1,4-13H3/t26-,27+,28+,29-,30?/m0/s1. The topological polar surface area (TPSA) is 44.8 Å². The van der Waals surface area contributed by atoms with Crippen LogP contribution in [0.1, 0.15) is 113 Å². The zero-order chi connectivity index (χ0) is 30.1. The molecule has 0 radical (unpaired) electrons. The van der Waals surface area contributed by atoms with Crippen LogP contribution in [-0.4, -0.2) is 40.9 Å². The summed E-state index contributed by atoms with van der Waals surface area (Å²) >= 11 is 0. The van der Waals surface area contributed by atoms with Crippen molar-refractivity contribution in [2.24, 2.45) is 11.8 Å². The summed E-state index contributed by atoms with van der Waals surface area (Å²) in [6.07, 6.45) is 13.5. The zero-order valence-corrected chi connectivity index (χ0v) is 29.7. The molecule has 0 aliphatic heterocycles. The highest BCUT2D eigenvalue weighted by molar-refractivity contribution is 6.74. The minimum atomic E-state index is -2.00. The second-order valence-electron chi connectivity index (χ2n) is 14.9. The Bertz CT molecular complexity index is 763. The van der Waals surface area contributed by atoms with Crippen LogP contribution in [0, 0.1) is 11.8 Å². The summed E-state index contributed by atoms with van der Waals surface area (Å²) in [6.45, 7) is 33.4. The maximum atomic E-state index is 12.7. The molecule has 0 saturated heterocycles. The van der Waals surface area contributed by atoms with E-state index in [9.17, 15) is 4.79 Å². The molecule has 0 bridgehead atoms. The Hall–Kier alpha value is -0.696. The van der Waals surface area contributed by atoms with Gasteiger partial charge in [0, 0.05) is 24.9 Å². The minimum Gasteiger partial charge on any atom is -0.462 e. The van der Waals surface area contributed by atoms with Gasteiger partial charge in [0.2, 0.25) is 0 Å². The van der Waals surface area contributed by atoms with Crippen molar-refractivity contribution in [2.45, 2.75) is 167 Å². The minimum absolute atomic E-state index is 0.0946. The van der Waals surface area contributed by atoms with Gasteiger partial charge in [-0.2, -0.15) is 0 Å². The molecule has 1 saturated carbocycles. The monoisotopic (exact) mass is 580 g/mol. The first-order valence-electron chi connectivity index (χ1n) is 15.7. The smallest absolute Gasteiger partial charge is 0.306 e. The molecule has 1 rings (SSSR count).